The fraction of sp³-hybridized carbons (Fsp3) is 0.435. The van der Waals surface area contributed by atoms with E-state index in [0.717, 1.165) is 37.0 Å². The van der Waals surface area contributed by atoms with Gasteiger partial charge in [-0.1, -0.05) is 55.3 Å². The zero-order chi connectivity index (χ0) is 18.9. The number of benzene rings is 2. The fourth-order valence-electron chi connectivity index (χ4n) is 4.86. The Morgan fingerprint density at radius 1 is 1.04 bits per heavy atom. The molecule has 0 bridgehead atoms. The maximum absolute atomic E-state index is 13.6. The number of likely N-dealkylation sites (tertiary alicyclic amines) is 1. The third-order valence-electron chi connectivity index (χ3n) is 6.39. The summed E-state index contributed by atoms with van der Waals surface area (Å²) in [6.45, 7) is 1.32. The first-order valence-corrected chi connectivity index (χ1v) is 9.88. The van der Waals surface area contributed by atoms with E-state index in [0.29, 0.717) is 13.1 Å². The number of amides is 1. The van der Waals surface area contributed by atoms with Gasteiger partial charge in [-0.15, -0.1) is 12.4 Å². The van der Waals surface area contributed by atoms with Gasteiger partial charge in [-0.2, -0.15) is 0 Å². The van der Waals surface area contributed by atoms with Crippen molar-refractivity contribution in [2.75, 3.05) is 20.2 Å². The number of halogens is 1. The summed E-state index contributed by atoms with van der Waals surface area (Å²) >= 11 is 0. The van der Waals surface area contributed by atoms with E-state index >= 15 is 0 Å². The minimum atomic E-state index is -0.365. The van der Waals surface area contributed by atoms with Crippen molar-refractivity contribution in [3.05, 3.63) is 65.7 Å². The van der Waals surface area contributed by atoms with E-state index < -0.39 is 0 Å². The number of nitrogens with two attached hydrogens (primary N) is 1. The van der Waals surface area contributed by atoms with Crippen molar-refractivity contribution in [1.29, 1.82) is 0 Å². The van der Waals surface area contributed by atoms with Crippen LogP contribution in [0.3, 0.4) is 0 Å². The molecule has 4 rings (SSSR count). The third-order valence-corrected chi connectivity index (χ3v) is 6.39. The molecule has 1 aliphatic heterocycles. The highest BCUT2D eigenvalue weighted by molar-refractivity contribution is 5.89. The van der Waals surface area contributed by atoms with Crippen LogP contribution in [0.1, 0.15) is 42.7 Å². The normalized spacial score (nSPS) is 23.3. The predicted molar refractivity (Wildman–Crippen MR) is 114 cm³/mol. The number of methoxy groups -OCH3 is 1. The van der Waals surface area contributed by atoms with Crippen LogP contribution in [-0.2, 0) is 10.2 Å². The first-order chi connectivity index (χ1) is 13.1. The Kier molecular flexibility index (Phi) is 6.31. The van der Waals surface area contributed by atoms with Gasteiger partial charge in [0, 0.05) is 25.0 Å². The van der Waals surface area contributed by atoms with Gasteiger partial charge < -0.3 is 15.4 Å². The molecule has 0 unspecified atom stereocenters. The van der Waals surface area contributed by atoms with Crippen molar-refractivity contribution in [3.8, 4) is 5.75 Å². The number of hydrogen-bond donors (Lipinski definition) is 1. The number of ether oxygens (including phenoxy) is 1. The van der Waals surface area contributed by atoms with Crippen molar-refractivity contribution in [2.45, 2.75) is 43.1 Å². The first kappa shape index (κ1) is 20.7. The summed E-state index contributed by atoms with van der Waals surface area (Å²) in [4.78, 5) is 15.7. The van der Waals surface area contributed by atoms with E-state index in [9.17, 15) is 4.79 Å². The van der Waals surface area contributed by atoms with Crippen molar-refractivity contribution in [3.63, 3.8) is 0 Å². The van der Waals surface area contributed by atoms with Gasteiger partial charge in [0.25, 0.3) is 0 Å². The molecule has 150 valence electrons. The predicted octanol–water partition coefficient (Wildman–Crippen LogP) is 3.88. The molecule has 1 amide bonds. The smallest absolute Gasteiger partial charge is 0.233 e. The Morgan fingerprint density at radius 3 is 2.29 bits per heavy atom. The summed E-state index contributed by atoms with van der Waals surface area (Å²) in [6.07, 6.45) is 4.11. The molecule has 1 heterocycles. The van der Waals surface area contributed by atoms with E-state index in [4.69, 9.17) is 10.5 Å². The van der Waals surface area contributed by atoms with Crippen LogP contribution in [0.25, 0.3) is 0 Å². The van der Waals surface area contributed by atoms with Gasteiger partial charge in [-0.3, -0.25) is 4.79 Å². The van der Waals surface area contributed by atoms with Crippen LogP contribution in [0.5, 0.6) is 5.75 Å². The average molecular weight is 401 g/mol. The lowest BCUT2D eigenvalue weighted by Gasteiger charge is -2.33. The molecule has 2 atom stereocenters. The molecule has 2 fully saturated rings. The van der Waals surface area contributed by atoms with Crippen molar-refractivity contribution < 1.29 is 9.53 Å². The monoisotopic (exact) mass is 400 g/mol. The van der Waals surface area contributed by atoms with E-state index in [1.807, 2.05) is 35.2 Å². The molecular formula is C23H29ClN2O2. The Balaban J connectivity index is 0.00000225. The standard InChI is InChI=1S/C23H28N2O2.ClH/c1-27-19-11-9-17(10-12-19)20-15-25(16-21(20)24)22(26)23(13-5-6-14-23)18-7-3-2-4-8-18;/h2-4,7-12,20-21H,5-6,13-16,24H2,1H3;1H/t20-,21+;/m0./s1. The highest BCUT2D eigenvalue weighted by Gasteiger charge is 2.47. The van der Waals surface area contributed by atoms with E-state index in [-0.39, 0.29) is 35.7 Å². The molecule has 2 aliphatic rings. The highest BCUT2D eigenvalue weighted by Crippen LogP contribution is 2.44. The minimum absolute atomic E-state index is 0. The Labute approximate surface area is 173 Å². The summed E-state index contributed by atoms with van der Waals surface area (Å²) in [7, 11) is 1.67. The van der Waals surface area contributed by atoms with Gasteiger partial charge in [-0.05, 0) is 36.1 Å². The second kappa shape index (κ2) is 8.54. The van der Waals surface area contributed by atoms with E-state index in [1.54, 1.807) is 7.11 Å². The maximum Gasteiger partial charge on any atom is 0.233 e. The molecule has 2 N–H and O–H groups in total. The Bertz CT molecular complexity index is 788. The Hall–Kier alpha value is -2.04. The van der Waals surface area contributed by atoms with Crippen LogP contribution >= 0.6 is 12.4 Å². The SMILES string of the molecule is COc1ccc([C@@H]2CN(C(=O)C3(c4ccccc4)CCCC3)C[C@H]2N)cc1.Cl. The number of carbonyl (C=O) groups is 1. The number of hydrogen-bond acceptors (Lipinski definition) is 3. The van der Waals surface area contributed by atoms with Crippen LogP contribution in [0.4, 0.5) is 0 Å². The third kappa shape index (κ3) is 3.63. The molecule has 0 aromatic heterocycles. The quantitative estimate of drug-likeness (QED) is 0.847. The largest absolute Gasteiger partial charge is 0.497 e. The highest BCUT2D eigenvalue weighted by atomic mass is 35.5. The van der Waals surface area contributed by atoms with Crippen LogP contribution in [-0.4, -0.2) is 37.0 Å². The van der Waals surface area contributed by atoms with Gasteiger partial charge in [0.2, 0.25) is 5.91 Å². The molecule has 28 heavy (non-hydrogen) atoms. The van der Waals surface area contributed by atoms with Gasteiger partial charge in [0.05, 0.1) is 12.5 Å². The summed E-state index contributed by atoms with van der Waals surface area (Å²) in [5.74, 6) is 1.28. The van der Waals surface area contributed by atoms with E-state index in [2.05, 4.69) is 24.3 Å². The van der Waals surface area contributed by atoms with Gasteiger partial charge in [0.15, 0.2) is 0 Å². The molecule has 4 nitrogen and oxygen atoms in total. The number of carbonyl (C=O) groups excluding carboxylic acids is 1. The van der Waals surface area contributed by atoms with Crippen molar-refractivity contribution >= 4 is 18.3 Å². The summed E-state index contributed by atoms with van der Waals surface area (Å²) in [5.41, 5.74) is 8.44. The zero-order valence-corrected chi connectivity index (χ0v) is 17.2. The first-order valence-electron chi connectivity index (χ1n) is 9.88. The molecule has 2 aromatic carbocycles. The lowest BCUT2D eigenvalue weighted by Crippen LogP contribution is -2.45. The van der Waals surface area contributed by atoms with Crippen molar-refractivity contribution in [1.82, 2.24) is 4.90 Å². The molecule has 1 saturated carbocycles. The Morgan fingerprint density at radius 2 is 1.68 bits per heavy atom. The maximum atomic E-state index is 13.6. The summed E-state index contributed by atoms with van der Waals surface area (Å²) in [6, 6.07) is 18.4. The topological polar surface area (TPSA) is 55.6 Å². The lowest BCUT2D eigenvalue weighted by atomic mass is 9.77. The molecule has 0 spiro atoms. The van der Waals surface area contributed by atoms with Crippen molar-refractivity contribution in [2.24, 2.45) is 5.73 Å². The van der Waals surface area contributed by atoms with Gasteiger partial charge in [-0.25, -0.2) is 0 Å². The fourth-order valence-corrected chi connectivity index (χ4v) is 4.86. The molecule has 5 heteroatoms. The van der Waals surface area contributed by atoms with Gasteiger partial charge in [0.1, 0.15) is 5.75 Å². The molecular weight excluding hydrogens is 372 g/mol. The summed E-state index contributed by atoms with van der Waals surface area (Å²) < 4.78 is 5.25. The average Bonchev–Trinajstić information content (AvgIpc) is 3.36. The number of nitrogens with zero attached hydrogens (tertiary/aromatic N) is 1. The molecule has 0 radical (unpaired) electrons. The second-order valence-corrected chi connectivity index (χ2v) is 7.91. The van der Waals surface area contributed by atoms with E-state index in [1.165, 1.54) is 5.56 Å². The lowest BCUT2D eigenvalue weighted by molar-refractivity contribution is -0.136. The second-order valence-electron chi connectivity index (χ2n) is 7.91. The molecule has 1 saturated heterocycles. The molecule has 1 aliphatic carbocycles. The zero-order valence-electron chi connectivity index (χ0n) is 16.3. The summed E-state index contributed by atoms with van der Waals surface area (Å²) in [5, 5.41) is 0. The van der Waals surface area contributed by atoms with Crippen LogP contribution in [0, 0.1) is 0 Å². The molecule has 2 aromatic rings. The van der Waals surface area contributed by atoms with Crippen LogP contribution < -0.4 is 10.5 Å². The van der Waals surface area contributed by atoms with Crippen LogP contribution in [0.15, 0.2) is 54.6 Å². The number of rotatable bonds is 4. The minimum Gasteiger partial charge on any atom is -0.497 e. The van der Waals surface area contributed by atoms with Gasteiger partial charge >= 0.3 is 0 Å². The van der Waals surface area contributed by atoms with Crippen LogP contribution in [0.2, 0.25) is 0 Å².